The Morgan fingerprint density at radius 1 is 1.27 bits per heavy atom. The molecule has 0 bridgehead atoms. The third-order valence-corrected chi connectivity index (χ3v) is 4.30. The van der Waals surface area contributed by atoms with Gasteiger partial charge in [-0.3, -0.25) is 14.6 Å². The molecule has 0 atom stereocenters. The molecular formula is C19H22N4O3. The fourth-order valence-corrected chi connectivity index (χ4v) is 2.99. The standard InChI is InChI=1S/C19H22N4O3/c1-3-5-7-11-23-16(20)13(19(25)26-4-2)12-14-17(23)21-15-9-6-8-10-22(15)18(14)24/h6,8-10,12,20H,3-5,7,11H2,1-2H3. The quantitative estimate of drug-likeness (QED) is 0.418. The number of carbonyl (C=O) groups excluding carboxylic acids is 1. The largest absolute Gasteiger partial charge is 0.462 e. The minimum absolute atomic E-state index is 0.0271. The van der Waals surface area contributed by atoms with Crippen molar-refractivity contribution in [3.8, 4) is 0 Å². The minimum atomic E-state index is -0.596. The summed E-state index contributed by atoms with van der Waals surface area (Å²) in [5.41, 5.74) is 0.790. The second-order valence-electron chi connectivity index (χ2n) is 6.07. The second kappa shape index (κ2) is 7.51. The first-order chi connectivity index (χ1) is 12.6. The number of esters is 1. The van der Waals surface area contributed by atoms with E-state index < -0.39 is 5.97 Å². The second-order valence-corrected chi connectivity index (χ2v) is 6.07. The molecule has 3 aromatic rings. The van der Waals surface area contributed by atoms with Crippen LogP contribution in [0.15, 0.2) is 35.3 Å². The molecule has 0 saturated heterocycles. The van der Waals surface area contributed by atoms with Crippen LogP contribution in [0.5, 0.6) is 0 Å². The van der Waals surface area contributed by atoms with Crippen molar-refractivity contribution >= 4 is 22.6 Å². The Labute approximate surface area is 150 Å². The van der Waals surface area contributed by atoms with Gasteiger partial charge in [-0.25, -0.2) is 9.78 Å². The zero-order valence-electron chi connectivity index (χ0n) is 15.0. The highest BCUT2D eigenvalue weighted by molar-refractivity contribution is 5.93. The first-order valence-corrected chi connectivity index (χ1v) is 8.85. The van der Waals surface area contributed by atoms with Crippen molar-refractivity contribution in [2.24, 2.45) is 0 Å². The summed E-state index contributed by atoms with van der Waals surface area (Å²) in [4.78, 5) is 29.8. The van der Waals surface area contributed by atoms with E-state index in [1.165, 1.54) is 10.5 Å². The maximum atomic E-state index is 12.9. The van der Waals surface area contributed by atoms with E-state index in [0.29, 0.717) is 23.2 Å². The van der Waals surface area contributed by atoms with E-state index in [1.54, 1.807) is 29.8 Å². The molecule has 136 valence electrons. The molecule has 7 nitrogen and oxygen atoms in total. The third-order valence-electron chi connectivity index (χ3n) is 4.30. The molecule has 0 spiro atoms. The van der Waals surface area contributed by atoms with Gasteiger partial charge in [-0.15, -0.1) is 0 Å². The average Bonchev–Trinajstić information content (AvgIpc) is 2.64. The van der Waals surface area contributed by atoms with E-state index in [9.17, 15) is 9.59 Å². The number of aryl methyl sites for hydroxylation is 1. The van der Waals surface area contributed by atoms with Crippen molar-refractivity contribution in [1.29, 1.82) is 5.41 Å². The van der Waals surface area contributed by atoms with Crippen LogP contribution in [0.25, 0.3) is 16.7 Å². The van der Waals surface area contributed by atoms with Crippen molar-refractivity contribution < 1.29 is 9.53 Å². The van der Waals surface area contributed by atoms with Gasteiger partial charge in [0.25, 0.3) is 5.56 Å². The van der Waals surface area contributed by atoms with Crippen LogP contribution in [-0.2, 0) is 11.3 Å². The fourth-order valence-electron chi connectivity index (χ4n) is 2.99. The van der Waals surface area contributed by atoms with Gasteiger partial charge in [-0.1, -0.05) is 25.8 Å². The van der Waals surface area contributed by atoms with E-state index in [1.807, 2.05) is 6.07 Å². The highest BCUT2D eigenvalue weighted by Gasteiger charge is 2.18. The predicted octanol–water partition coefficient (Wildman–Crippen LogP) is 2.50. The smallest absolute Gasteiger partial charge is 0.341 e. The Bertz CT molecular complexity index is 1080. The van der Waals surface area contributed by atoms with E-state index in [0.717, 1.165) is 19.3 Å². The molecule has 26 heavy (non-hydrogen) atoms. The molecule has 0 unspecified atom stereocenters. The number of nitrogens with zero attached hydrogens (tertiary/aromatic N) is 3. The average molecular weight is 354 g/mol. The van der Waals surface area contributed by atoms with Gasteiger partial charge in [0.2, 0.25) is 0 Å². The minimum Gasteiger partial charge on any atom is -0.462 e. The van der Waals surface area contributed by atoms with Crippen LogP contribution in [0.2, 0.25) is 0 Å². The third kappa shape index (κ3) is 3.12. The molecule has 1 N–H and O–H groups in total. The zero-order chi connectivity index (χ0) is 18.7. The molecule has 0 aliphatic heterocycles. The normalized spacial score (nSPS) is 11.2. The molecule has 3 aromatic heterocycles. The Hall–Kier alpha value is -2.96. The van der Waals surface area contributed by atoms with Crippen LogP contribution >= 0.6 is 0 Å². The molecule has 0 amide bonds. The van der Waals surface area contributed by atoms with E-state index in [-0.39, 0.29) is 23.2 Å². The highest BCUT2D eigenvalue weighted by Crippen LogP contribution is 2.12. The Kier molecular flexibility index (Phi) is 5.16. The number of fused-ring (bicyclic) bond motifs is 2. The Morgan fingerprint density at radius 3 is 2.81 bits per heavy atom. The van der Waals surface area contributed by atoms with Gasteiger partial charge in [-0.2, -0.15) is 0 Å². The van der Waals surface area contributed by atoms with Crippen LogP contribution in [0.1, 0.15) is 43.5 Å². The lowest BCUT2D eigenvalue weighted by atomic mass is 10.2. The van der Waals surface area contributed by atoms with E-state index >= 15 is 0 Å². The van der Waals surface area contributed by atoms with E-state index in [2.05, 4.69) is 11.9 Å². The van der Waals surface area contributed by atoms with Crippen molar-refractivity contribution in [3.63, 3.8) is 0 Å². The van der Waals surface area contributed by atoms with Crippen molar-refractivity contribution in [3.05, 3.63) is 51.9 Å². The van der Waals surface area contributed by atoms with Crippen molar-refractivity contribution in [2.45, 2.75) is 39.7 Å². The zero-order valence-corrected chi connectivity index (χ0v) is 15.0. The van der Waals surface area contributed by atoms with Gasteiger partial charge in [0.15, 0.2) is 0 Å². The highest BCUT2D eigenvalue weighted by atomic mass is 16.5. The molecule has 0 fully saturated rings. The molecule has 7 heteroatoms. The number of unbranched alkanes of at least 4 members (excludes halogenated alkanes) is 2. The lowest BCUT2D eigenvalue weighted by molar-refractivity contribution is 0.0523. The summed E-state index contributed by atoms with van der Waals surface area (Å²) in [5, 5.41) is 8.77. The molecule has 0 aromatic carbocycles. The number of rotatable bonds is 6. The maximum absolute atomic E-state index is 12.9. The number of hydrogen-bond donors (Lipinski definition) is 1. The summed E-state index contributed by atoms with van der Waals surface area (Å²) in [6, 6.07) is 6.74. The van der Waals surface area contributed by atoms with Crippen LogP contribution < -0.4 is 11.0 Å². The van der Waals surface area contributed by atoms with Gasteiger partial charge in [-0.05, 0) is 31.5 Å². The van der Waals surface area contributed by atoms with Crippen LogP contribution in [0, 0.1) is 5.41 Å². The lowest BCUT2D eigenvalue weighted by Gasteiger charge is -2.14. The summed E-state index contributed by atoms with van der Waals surface area (Å²) in [6.07, 6.45) is 4.50. The maximum Gasteiger partial charge on any atom is 0.341 e. The van der Waals surface area contributed by atoms with Gasteiger partial charge in [0, 0.05) is 12.7 Å². The molecule has 0 radical (unpaired) electrons. The molecule has 0 saturated carbocycles. The van der Waals surface area contributed by atoms with Crippen LogP contribution in [0.4, 0.5) is 0 Å². The van der Waals surface area contributed by atoms with Crippen LogP contribution in [0.3, 0.4) is 0 Å². The topological polar surface area (TPSA) is 89.5 Å². The predicted molar refractivity (Wildman–Crippen MR) is 98.3 cm³/mol. The molecular weight excluding hydrogens is 332 g/mol. The van der Waals surface area contributed by atoms with Gasteiger partial charge in [0.1, 0.15) is 22.3 Å². The van der Waals surface area contributed by atoms with Crippen LogP contribution in [-0.4, -0.2) is 26.5 Å². The number of hydrogen-bond acceptors (Lipinski definition) is 5. The summed E-state index contributed by atoms with van der Waals surface area (Å²) in [7, 11) is 0. The van der Waals surface area contributed by atoms with Gasteiger partial charge >= 0.3 is 5.97 Å². The Balaban J connectivity index is 2.34. The summed E-state index contributed by atoms with van der Waals surface area (Å²) >= 11 is 0. The van der Waals surface area contributed by atoms with Crippen molar-refractivity contribution in [2.75, 3.05) is 6.61 Å². The first kappa shape index (κ1) is 17.8. The summed E-state index contributed by atoms with van der Waals surface area (Å²) < 4.78 is 8.15. The van der Waals surface area contributed by atoms with Gasteiger partial charge < -0.3 is 9.30 Å². The number of pyridine rings is 2. The SMILES string of the molecule is CCCCCn1c(=N)c(C(=O)OCC)cc2c(=O)n3ccccc3nc21. The number of aromatic nitrogens is 3. The summed E-state index contributed by atoms with van der Waals surface area (Å²) in [6.45, 7) is 4.53. The Morgan fingerprint density at radius 2 is 2.08 bits per heavy atom. The molecule has 3 heterocycles. The number of ether oxygens (including phenoxy) is 1. The van der Waals surface area contributed by atoms with E-state index in [4.69, 9.17) is 10.1 Å². The number of carbonyl (C=O) groups is 1. The van der Waals surface area contributed by atoms with Crippen molar-refractivity contribution in [1.82, 2.24) is 14.0 Å². The molecule has 0 aliphatic rings. The molecule has 0 aliphatic carbocycles. The fraction of sp³-hybridized carbons (Fsp3) is 0.368. The summed E-state index contributed by atoms with van der Waals surface area (Å²) in [5.74, 6) is -0.596. The van der Waals surface area contributed by atoms with Gasteiger partial charge in [0.05, 0.1) is 12.0 Å². The molecule has 3 rings (SSSR count). The lowest BCUT2D eigenvalue weighted by Crippen LogP contribution is -2.31. The first-order valence-electron chi connectivity index (χ1n) is 8.85. The monoisotopic (exact) mass is 354 g/mol. The number of nitrogens with one attached hydrogen (secondary N) is 1.